The van der Waals surface area contributed by atoms with Gasteiger partial charge in [-0.15, -0.1) is 26.3 Å². The number of rotatable bonds is 12. The van der Waals surface area contributed by atoms with Crippen LogP contribution in [0.15, 0.2) is 75.9 Å². The molecule has 13 rings (SSSR count). The molecule has 12 fully saturated rings. The van der Waals surface area contributed by atoms with Crippen LogP contribution in [0.2, 0.25) is 0 Å². The molecule has 0 spiro atoms. The number of ether oxygens (including phenoxy) is 19. The smallest absolute Gasteiger partial charge is 1.00 e. The molecule has 9 unspecified atom stereocenters. The average molecular weight is 1760 g/mol. The zero-order valence-corrected chi connectivity index (χ0v) is 72.3. The fourth-order valence-electron chi connectivity index (χ4n) is 12.3. The third-order valence-corrected chi connectivity index (χ3v) is 16.9. The Morgan fingerprint density at radius 3 is 1.16 bits per heavy atom. The first-order chi connectivity index (χ1) is 50.3. The number of halogens is 2. The van der Waals surface area contributed by atoms with Gasteiger partial charge in [0.05, 0.1) is 32.5 Å². The van der Waals surface area contributed by atoms with Gasteiger partial charge < -0.3 is 208 Å². The van der Waals surface area contributed by atoms with E-state index >= 15 is 0 Å². The van der Waals surface area contributed by atoms with Crippen molar-refractivity contribution in [3.05, 3.63) is 89.1 Å². The Labute approximate surface area is 708 Å². The molecule has 12 N–H and O–H groups in total. The monoisotopic (exact) mass is 1760 g/mol. The number of aliphatic hydroxyl groups excluding tert-OH is 12. The molecule has 39 heteroatoms. The zero-order chi connectivity index (χ0) is 82.6. The third kappa shape index (κ3) is 32.3. The van der Waals surface area contributed by atoms with Crippen LogP contribution in [0.5, 0.6) is 0 Å². The maximum Gasteiger partial charge on any atom is 2.00 e. The second kappa shape index (κ2) is 49.7. The van der Waals surface area contributed by atoms with Gasteiger partial charge in [-0.2, -0.15) is 0 Å². The van der Waals surface area contributed by atoms with Gasteiger partial charge in [0.25, 0.3) is 0 Å². The Kier molecular flexibility index (Phi) is 49.8. The van der Waals surface area contributed by atoms with Crippen LogP contribution < -0.4 is 34.0 Å². The van der Waals surface area contributed by atoms with E-state index in [-0.39, 0.29) is 172 Å². The fraction of sp³-hybridized carbons (Fsp3) is 0.753. The number of hydrogen-bond donors (Lipinski definition) is 12. The van der Waals surface area contributed by atoms with Crippen molar-refractivity contribution in [2.24, 2.45) is 0 Å². The number of Topliss-reactive ketones (excluding diaryl/α,β-unsaturated/α-hetero) is 1. The molecule has 11 saturated heterocycles. The molecule has 11 heterocycles. The number of aliphatic hydroxyl groups is 12. The fourth-order valence-corrected chi connectivity index (χ4v) is 12.3. The zero-order valence-electron chi connectivity index (χ0n) is 66.3. The topological polar surface area (TPSA) is 486 Å². The summed E-state index contributed by atoms with van der Waals surface area (Å²) in [5, 5.41) is 107. The Morgan fingerprint density at radius 1 is 0.455 bits per heavy atom. The van der Waals surface area contributed by atoms with Gasteiger partial charge in [-0.25, -0.2) is 0 Å². The minimum absolute atomic E-state index is 0. The number of methoxy groups -OCH3 is 1. The second-order valence-electron chi connectivity index (χ2n) is 28.6. The van der Waals surface area contributed by atoms with Crippen LogP contribution in [0.25, 0.3) is 0 Å². The Bertz CT molecular complexity index is 2720. The van der Waals surface area contributed by atoms with Gasteiger partial charge in [-0.05, 0) is 116 Å². The van der Waals surface area contributed by atoms with Crippen LogP contribution in [0, 0.1) is 13.2 Å². The van der Waals surface area contributed by atoms with E-state index in [1.54, 1.807) is 86.8 Å². The molecule has 0 aromatic rings. The number of hydrogen-bond acceptors (Lipinski definition) is 35. The standard InChI is InChI=1S/C10H16O3.C9H16O5.C8H14O5.C8H12O3.C8H10O3.2C8H12O3.2C5H10O5.2C2H3.2BrH.2Mg/c1-5-7(11)9-8(6-2)12-10(3,4)13-9;1-9(2)13-6-5(4-10)12-8(11-3)7(6)14-9;1-8(2)12-5-4(3-9)11-7(10)6(5)13-8;2*1-8(2)10-6-4-3-5(9)7(6)11-8;2*1-4-6-7(5-9)11-8(2,3)10-6;2*6-1-2-3(7)4(8)5(9)10-2;2*1-2;;;;/h5-9,11H,1-2H2,3-4H3;5-8,10H,4H2,1-3H3;4-7,9-10H,3H2,1-2H3;6-7H,3-4H2,1-2H3;3-4,6-7H,1-2H3;2*4-7H,1H2,2-3H3;2*2-9H,1H2;2*1H,2H2;2*1H;;/q;;;;;;;;;2*-1;;;2*+2/p-2/t7?,8?,9-;5-,6?,7+,8-;4-,5?,6+,7-;6-,7+;2*6?,7-;6-,7?;2*2-,3?,4+,5-;;;;;;/m111111111....../s1. The Morgan fingerprint density at radius 2 is 0.804 bits per heavy atom. The van der Waals surface area contributed by atoms with Gasteiger partial charge in [0.15, 0.2) is 95.9 Å². The van der Waals surface area contributed by atoms with Gasteiger partial charge in [0, 0.05) is 13.5 Å². The van der Waals surface area contributed by atoms with Gasteiger partial charge in [-0.3, -0.25) is 22.7 Å². The van der Waals surface area contributed by atoms with Crippen molar-refractivity contribution in [2.45, 2.75) is 316 Å². The van der Waals surface area contributed by atoms with Crippen molar-refractivity contribution < 1.29 is 204 Å². The maximum absolute atomic E-state index is 11.1. The summed E-state index contributed by atoms with van der Waals surface area (Å²) in [7, 11) is 1.55. The number of carbonyl (C=O) groups excluding carboxylic acids is 4. The molecule has 35 nitrogen and oxygen atoms in total. The second-order valence-corrected chi connectivity index (χ2v) is 28.6. The number of ketones is 2. The molecule has 112 heavy (non-hydrogen) atoms. The molecule has 1 saturated carbocycles. The third-order valence-electron chi connectivity index (χ3n) is 16.9. The van der Waals surface area contributed by atoms with Crippen LogP contribution >= 0.6 is 0 Å². The molecule has 0 aromatic heterocycles. The van der Waals surface area contributed by atoms with E-state index < -0.39 is 152 Å². The van der Waals surface area contributed by atoms with Crippen LogP contribution in [-0.2, 0) is 109 Å². The van der Waals surface area contributed by atoms with E-state index in [0.29, 0.717) is 6.42 Å². The molecule has 27 atom stereocenters. The molecule has 13 aliphatic rings. The minimum atomic E-state index is -1.38. The summed E-state index contributed by atoms with van der Waals surface area (Å²) in [5.41, 5.74) is 0. The first kappa shape index (κ1) is 112. The van der Waals surface area contributed by atoms with Crippen molar-refractivity contribution in [3.8, 4) is 0 Å². The average Bonchev–Trinajstić information content (AvgIpc) is 1.63. The minimum Gasteiger partial charge on any atom is -1.00 e. The molecule has 0 bridgehead atoms. The van der Waals surface area contributed by atoms with E-state index in [1.165, 1.54) is 12.2 Å². The Balaban J connectivity index is 0. The van der Waals surface area contributed by atoms with E-state index in [1.807, 2.05) is 41.5 Å². The van der Waals surface area contributed by atoms with Gasteiger partial charge in [0.2, 0.25) is 0 Å². The van der Waals surface area contributed by atoms with Gasteiger partial charge in [-0.1, -0.05) is 24.3 Å². The van der Waals surface area contributed by atoms with Crippen molar-refractivity contribution >= 4 is 70.2 Å². The van der Waals surface area contributed by atoms with Crippen molar-refractivity contribution in [3.63, 3.8) is 0 Å². The van der Waals surface area contributed by atoms with Crippen LogP contribution in [-0.4, -0.2) is 371 Å². The SMILES string of the molecule is C=CC(O)[C@H]1OC(C)(C)OC1C=C.C=CC1OC(C)(C)O[C@@H]1C=O.C=C[C@H]1OC(C)(C)OC1C=O.CC1(C)OC2C=CC(=O)[C@H]2O1.CC1(C)OC2[C@@H](CO)O[C@@H](O)[C@H]2O1.CC1(C)O[C@@H]2CCC(=O)[C@@H]2O1.CO[C@@H]1O[C@H](CO)C2OC(C)(C)O[C@@H]21.OC[C@H]1O[C@@H](O)[C@@H](O)C1O.OC[C@H]1O[C@@H](O)[C@@H](O)C1O.[Br-].[Br-].[CH-]=C.[CH-]=C.[Mg+2].[Mg+2]. The van der Waals surface area contributed by atoms with Crippen LogP contribution in [0.3, 0.4) is 0 Å². The summed E-state index contributed by atoms with van der Waals surface area (Å²) in [6.07, 6.45) is -4.49. The Hall–Kier alpha value is -1.89. The summed E-state index contributed by atoms with van der Waals surface area (Å²) < 4.78 is 101. The largest absolute Gasteiger partial charge is 2.00 e. The van der Waals surface area contributed by atoms with E-state index in [2.05, 4.69) is 62.1 Å². The molecule has 0 radical (unpaired) electrons. The molecule has 2 aliphatic carbocycles. The van der Waals surface area contributed by atoms with Crippen molar-refractivity contribution in [1.29, 1.82) is 0 Å². The summed E-state index contributed by atoms with van der Waals surface area (Å²) in [6.45, 7) is 52.4. The maximum atomic E-state index is 11.1. The van der Waals surface area contributed by atoms with E-state index in [9.17, 15) is 29.4 Å². The summed E-state index contributed by atoms with van der Waals surface area (Å²) >= 11 is 0. The summed E-state index contributed by atoms with van der Waals surface area (Å²) in [4.78, 5) is 43.0. The summed E-state index contributed by atoms with van der Waals surface area (Å²) in [6, 6.07) is 0. The van der Waals surface area contributed by atoms with Gasteiger partial charge >= 0.3 is 46.1 Å². The van der Waals surface area contributed by atoms with Crippen molar-refractivity contribution in [2.75, 3.05) is 33.5 Å². The number of carbonyl (C=O) groups is 4. The molecular weight excluding hydrogens is 1650 g/mol. The molecule has 638 valence electrons. The van der Waals surface area contributed by atoms with Crippen molar-refractivity contribution in [1.82, 2.24) is 0 Å². The summed E-state index contributed by atoms with van der Waals surface area (Å²) in [5.74, 6) is -4.25. The number of aldehydes is 2. The molecule has 11 aliphatic heterocycles. The predicted molar refractivity (Wildman–Crippen MR) is 386 cm³/mol. The molecule has 0 aromatic carbocycles. The molecular formula is C73H118Br2Mg2O35. The quantitative estimate of drug-likeness (QED) is 0.0374. The van der Waals surface area contributed by atoms with Gasteiger partial charge in [0.1, 0.15) is 128 Å². The first-order valence-corrected chi connectivity index (χ1v) is 34.8. The van der Waals surface area contributed by atoms with Crippen LogP contribution in [0.1, 0.15) is 110 Å². The number of fused-ring (bicyclic) bond motifs is 4. The molecule has 0 amide bonds. The van der Waals surface area contributed by atoms with E-state index in [4.69, 9.17) is 132 Å². The van der Waals surface area contributed by atoms with E-state index in [0.717, 1.165) is 19.0 Å². The normalized spacial score (nSPS) is 38.7. The predicted octanol–water partition coefficient (Wildman–Crippen LogP) is -7.08. The first-order valence-electron chi connectivity index (χ1n) is 34.8. The van der Waals surface area contributed by atoms with Crippen LogP contribution in [0.4, 0.5) is 0 Å².